The minimum atomic E-state index is -0.555. The number of esters is 1. The fourth-order valence-corrected chi connectivity index (χ4v) is 2.91. The van der Waals surface area contributed by atoms with Crippen LogP contribution < -0.4 is 10.2 Å². The highest BCUT2D eigenvalue weighted by molar-refractivity contribution is 6.35. The van der Waals surface area contributed by atoms with Gasteiger partial charge in [0.1, 0.15) is 0 Å². The maximum Gasteiger partial charge on any atom is 0.338 e. The zero-order valence-electron chi connectivity index (χ0n) is 14.8. The molecular weight excluding hydrogens is 375 g/mol. The molecule has 0 fully saturated rings. The second-order valence-corrected chi connectivity index (χ2v) is 6.82. The number of amides is 1. The first kappa shape index (κ1) is 20.1. The number of ether oxygens (including phenoxy) is 1. The standard InChI is InChI=1S/C19H20Cl2N2O3/c1-12(16-8-7-14(20)10-17(16)21)22-18(24)11-26-19(25)13-5-4-6-15(9-13)23(2)3/h4-10,12H,11H2,1-3H3,(H,22,24). The van der Waals surface area contributed by atoms with E-state index in [0.717, 1.165) is 11.3 Å². The average molecular weight is 395 g/mol. The molecule has 0 spiro atoms. The van der Waals surface area contributed by atoms with Gasteiger partial charge < -0.3 is 15.0 Å². The van der Waals surface area contributed by atoms with Gasteiger partial charge in [0.25, 0.3) is 5.91 Å². The first-order chi connectivity index (χ1) is 12.3. The van der Waals surface area contributed by atoms with Crippen LogP contribution in [0.1, 0.15) is 28.9 Å². The molecule has 0 saturated carbocycles. The minimum Gasteiger partial charge on any atom is -0.452 e. The SMILES string of the molecule is CC(NC(=O)COC(=O)c1cccc(N(C)C)c1)c1ccc(Cl)cc1Cl. The second-order valence-electron chi connectivity index (χ2n) is 5.98. The van der Waals surface area contributed by atoms with Crippen molar-refractivity contribution < 1.29 is 14.3 Å². The number of benzene rings is 2. The predicted octanol–water partition coefficient (Wildman–Crippen LogP) is 4.09. The third-order valence-corrected chi connectivity index (χ3v) is 4.30. The van der Waals surface area contributed by atoms with Crippen molar-refractivity contribution in [1.82, 2.24) is 5.32 Å². The zero-order valence-corrected chi connectivity index (χ0v) is 16.3. The molecule has 0 aliphatic rings. The van der Waals surface area contributed by atoms with E-state index < -0.39 is 11.9 Å². The van der Waals surface area contributed by atoms with E-state index in [9.17, 15) is 9.59 Å². The summed E-state index contributed by atoms with van der Waals surface area (Å²) in [6.07, 6.45) is 0. The lowest BCUT2D eigenvalue weighted by Crippen LogP contribution is -2.31. The number of anilines is 1. The molecular formula is C19H20Cl2N2O3. The number of nitrogens with zero attached hydrogens (tertiary/aromatic N) is 1. The molecule has 7 heteroatoms. The van der Waals surface area contributed by atoms with Crippen LogP contribution in [0.5, 0.6) is 0 Å². The lowest BCUT2D eigenvalue weighted by atomic mass is 10.1. The summed E-state index contributed by atoms with van der Waals surface area (Å²) in [6, 6.07) is 11.7. The molecule has 0 saturated heterocycles. The number of halogens is 2. The lowest BCUT2D eigenvalue weighted by Gasteiger charge is -2.16. The van der Waals surface area contributed by atoms with Gasteiger partial charge in [0.2, 0.25) is 0 Å². The molecule has 1 atom stereocenters. The summed E-state index contributed by atoms with van der Waals surface area (Å²) in [5, 5.41) is 3.72. The number of hydrogen-bond acceptors (Lipinski definition) is 4. The average Bonchev–Trinajstić information content (AvgIpc) is 2.59. The van der Waals surface area contributed by atoms with Gasteiger partial charge in [-0.3, -0.25) is 4.79 Å². The van der Waals surface area contributed by atoms with Gasteiger partial charge in [0.15, 0.2) is 6.61 Å². The molecule has 0 radical (unpaired) electrons. The van der Waals surface area contributed by atoms with E-state index in [1.165, 1.54) is 0 Å². The Kier molecular flexibility index (Phi) is 6.89. The summed E-state index contributed by atoms with van der Waals surface area (Å²) >= 11 is 12.0. The fraction of sp³-hybridized carbons (Fsp3) is 0.263. The first-order valence-electron chi connectivity index (χ1n) is 7.96. The monoisotopic (exact) mass is 394 g/mol. The van der Waals surface area contributed by atoms with Crippen LogP contribution in [-0.2, 0) is 9.53 Å². The van der Waals surface area contributed by atoms with Crippen molar-refractivity contribution in [3.05, 3.63) is 63.6 Å². The van der Waals surface area contributed by atoms with E-state index in [1.807, 2.05) is 25.1 Å². The van der Waals surface area contributed by atoms with Crippen LogP contribution in [0.25, 0.3) is 0 Å². The molecule has 2 rings (SSSR count). The van der Waals surface area contributed by atoms with Gasteiger partial charge in [-0.1, -0.05) is 35.3 Å². The van der Waals surface area contributed by atoms with E-state index in [0.29, 0.717) is 15.6 Å². The van der Waals surface area contributed by atoms with Gasteiger partial charge in [-0.25, -0.2) is 4.79 Å². The number of nitrogens with one attached hydrogen (secondary N) is 1. The highest BCUT2D eigenvalue weighted by atomic mass is 35.5. The van der Waals surface area contributed by atoms with Crippen LogP contribution in [0.15, 0.2) is 42.5 Å². The molecule has 5 nitrogen and oxygen atoms in total. The summed E-state index contributed by atoms with van der Waals surface area (Å²) in [7, 11) is 3.75. The van der Waals surface area contributed by atoms with Gasteiger partial charge in [0.05, 0.1) is 11.6 Å². The molecule has 0 bridgehead atoms. The molecule has 0 heterocycles. The van der Waals surface area contributed by atoms with Gasteiger partial charge in [-0.2, -0.15) is 0 Å². The fourth-order valence-electron chi connectivity index (χ4n) is 2.34. The molecule has 0 aliphatic carbocycles. The maximum absolute atomic E-state index is 12.1. The summed E-state index contributed by atoms with van der Waals surface area (Å²) < 4.78 is 5.09. The Hall–Kier alpha value is -2.24. The number of carbonyl (C=O) groups excluding carboxylic acids is 2. The van der Waals surface area contributed by atoms with Crippen molar-refractivity contribution in [2.24, 2.45) is 0 Å². The van der Waals surface area contributed by atoms with Crippen LogP contribution in [0.4, 0.5) is 5.69 Å². The van der Waals surface area contributed by atoms with Gasteiger partial charge in [-0.15, -0.1) is 0 Å². The molecule has 26 heavy (non-hydrogen) atoms. The highest BCUT2D eigenvalue weighted by Gasteiger charge is 2.15. The Morgan fingerprint density at radius 3 is 2.54 bits per heavy atom. The topological polar surface area (TPSA) is 58.6 Å². The van der Waals surface area contributed by atoms with Crippen molar-refractivity contribution in [1.29, 1.82) is 0 Å². The molecule has 2 aromatic rings. The molecule has 1 unspecified atom stereocenters. The largest absolute Gasteiger partial charge is 0.452 e. The summed E-state index contributed by atoms with van der Waals surface area (Å²) in [4.78, 5) is 26.0. The van der Waals surface area contributed by atoms with E-state index in [1.54, 1.807) is 43.3 Å². The van der Waals surface area contributed by atoms with Crippen LogP contribution in [0, 0.1) is 0 Å². The van der Waals surface area contributed by atoms with Crippen molar-refractivity contribution in [3.63, 3.8) is 0 Å². The maximum atomic E-state index is 12.1. The molecule has 2 aromatic carbocycles. The van der Waals surface area contributed by atoms with Gasteiger partial charge >= 0.3 is 5.97 Å². The molecule has 1 amide bonds. The van der Waals surface area contributed by atoms with Crippen molar-refractivity contribution in [2.45, 2.75) is 13.0 Å². The zero-order chi connectivity index (χ0) is 19.3. The Balaban J connectivity index is 1.92. The smallest absolute Gasteiger partial charge is 0.338 e. The van der Waals surface area contributed by atoms with Crippen molar-refractivity contribution in [3.8, 4) is 0 Å². The molecule has 0 aliphatic heterocycles. The van der Waals surface area contributed by atoms with Crippen LogP contribution in [0.2, 0.25) is 10.0 Å². The van der Waals surface area contributed by atoms with Gasteiger partial charge in [-0.05, 0) is 42.8 Å². The molecule has 1 N–H and O–H groups in total. The third-order valence-electron chi connectivity index (χ3n) is 3.74. The normalized spacial score (nSPS) is 11.6. The van der Waals surface area contributed by atoms with Crippen molar-refractivity contribution in [2.75, 3.05) is 25.6 Å². The van der Waals surface area contributed by atoms with E-state index in [-0.39, 0.29) is 12.6 Å². The van der Waals surface area contributed by atoms with Crippen molar-refractivity contribution >= 4 is 40.8 Å². The van der Waals surface area contributed by atoms with Gasteiger partial charge in [0, 0.05) is 29.8 Å². The minimum absolute atomic E-state index is 0.344. The Morgan fingerprint density at radius 1 is 1.15 bits per heavy atom. The number of hydrogen-bond donors (Lipinski definition) is 1. The van der Waals surface area contributed by atoms with E-state index in [4.69, 9.17) is 27.9 Å². The summed E-state index contributed by atoms with van der Waals surface area (Å²) in [5.41, 5.74) is 1.99. The van der Waals surface area contributed by atoms with E-state index >= 15 is 0 Å². The quantitative estimate of drug-likeness (QED) is 0.749. The van der Waals surface area contributed by atoms with Crippen LogP contribution >= 0.6 is 23.2 Å². The second kappa shape index (κ2) is 8.92. The molecule has 138 valence electrons. The third kappa shape index (κ3) is 5.38. The Morgan fingerprint density at radius 2 is 1.88 bits per heavy atom. The predicted molar refractivity (Wildman–Crippen MR) is 104 cm³/mol. The van der Waals surface area contributed by atoms with Crippen LogP contribution in [0.3, 0.4) is 0 Å². The first-order valence-corrected chi connectivity index (χ1v) is 8.72. The Bertz CT molecular complexity index is 809. The van der Waals surface area contributed by atoms with E-state index in [2.05, 4.69) is 5.32 Å². The number of carbonyl (C=O) groups is 2. The molecule has 0 aromatic heterocycles. The summed E-state index contributed by atoms with van der Waals surface area (Å²) in [5.74, 6) is -0.971. The number of rotatable bonds is 6. The summed E-state index contributed by atoms with van der Waals surface area (Å²) in [6.45, 7) is 1.41. The lowest BCUT2D eigenvalue weighted by molar-refractivity contribution is -0.124. The van der Waals surface area contributed by atoms with Crippen LogP contribution in [-0.4, -0.2) is 32.6 Å². The Labute approximate surface area is 162 Å². The highest BCUT2D eigenvalue weighted by Crippen LogP contribution is 2.26.